The molecule has 1 heterocycles. The van der Waals surface area contributed by atoms with Gasteiger partial charge in [-0.3, -0.25) is 4.68 Å². The second-order valence-corrected chi connectivity index (χ2v) is 4.27. The summed E-state index contributed by atoms with van der Waals surface area (Å²) in [5, 5.41) is 4.09. The molecule has 0 saturated heterocycles. The molecule has 0 unspecified atom stereocenters. The minimum atomic E-state index is -0.249. The topological polar surface area (TPSA) is 30.7 Å². The Kier molecular flexibility index (Phi) is 3.33. The molecule has 2 rings (SSSR count). The third-order valence-corrected chi connectivity index (χ3v) is 2.95. The van der Waals surface area contributed by atoms with E-state index < -0.39 is 0 Å². The summed E-state index contributed by atoms with van der Waals surface area (Å²) in [7, 11) is 0. The molecule has 0 atom stereocenters. The molecule has 0 N–H and O–H groups in total. The van der Waals surface area contributed by atoms with Crippen LogP contribution in [-0.2, 0) is 13.0 Å². The van der Waals surface area contributed by atoms with Gasteiger partial charge in [-0.2, -0.15) is 5.10 Å². The first kappa shape index (κ1) is 11.3. The van der Waals surface area contributed by atoms with Crippen LogP contribution in [0.15, 0.2) is 29.0 Å². The Labute approximate surface area is 101 Å². The van der Waals surface area contributed by atoms with Crippen molar-refractivity contribution in [3.8, 4) is 0 Å². The van der Waals surface area contributed by atoms with Crippen molar-refractivity contribution in [2.24, 2.45) is 0 Å². The lowest BCUT2D eigenvalue weighted by atomic mass is 10.1. The van der Waals surface area contributed by atoms with Crippen molar-refractivity contribution in [3.63, 3.8) is 0 Å². The van der Waals surface area contributed by atoms with Gasteiger partial charge in [-0.25, -0.2) is 9.37 Å². The molecule has 5 heteroatoms. The Morgan fingerprint density at radius 2 is 2.25 bits per heavy atom. The maximum atomic E-state index is 13.0. The highest BCUT2D eigenvalue weighted by Crippen LogP contribution is 2.18. The summed E-state index contributed by atoms with van der Waals surface area (Å²) >= 11 is 3.17. The molecule has 0 spiro atoms. The van der Waals surface area contributed by atoms with Gasteiger partial charge in [-0.05, 0) is 40.5 Å². The molecule has 0 aliphatic carbocycles. The van der Waals surface area contributed by atoms with Gasteiger partial charge in [0.25, 0.3) is 0 Å². The molecule has 2 aromatic rings. The van der Waals surface area contributed by atoms with Crippen LogP contribution < -0.4 is 0 Å². The molecule has 0 aliphatic heterocycles. The summed E-state index contributed by atoms with van der Waals surface area (Å²) in [6, 6.07) is 4.98. The van der Waals surface area contributed by atoms with Gasteiger partial charge in [0.05, 0.1) is 4.47 Å². The zero-order valence-electron chi connectivity index (χ0n) is 8.82. The third-order valence-electron chi connectivity index (χ3n) is 2.34. The van der Waals surface area contributed by atoms with Crippen LogP contribution in [0.1, 0.15) is 18.3 Å². The van der Waals surface area contributed by atoms with Gasteiger partial charge in [0, 0.05) is 13.0 Å². The van der Waals surface area contributed by atoms with E-state index in [0.29, 0.717) is 10.9 Å². The number of benzene rings is 1. The van der Waals surface area contributed by atoms with Crippen LogP contribution in [0, 0.1) is 5.82 Å². The van der Waals surface area contributed by atoms with E-state index in [4.69, 9.17) is 0 Å². The molecule has 3 nitrogen and oxygen atoms in total. The van der Waals surface area contributed by atoms with Gasteiger partial charge in [0.15, 0.2) is 0 Å². The molecular weight excluding hydrogens is 273 g/mol. The van der Waals surface area contributed by atoms with Crippen LogP contribution in [0.2, 0.25) is 0 Å². The van der Waals surface area contributed by atoms with E-state index in [1.165, 1.54) is 12.4 Å². The zero-order chi connectivity index (χ0) is 11.5. The molecule has 1 aromatic carbocycles. The fourth-order valence-corrected chi connectivity index (χ4v) is 1.95. The van der Waals surface area contributed by atoms with E-state index in [1.54, 1.807) is 12.1 Å². The first-order valence-electron chi connectivity index (χ1n) is 5.01. The summed E-state index contributed by atoms with van der Waals surface area (Å²) in [4.78, 5) is 4.18. The minimum absolute atomic E-state index is 0.249. The molecule has 0 fully saturated rings. The normalized spacial score (nSPS) is 10.7. The highest BCUT2D eigenvalue weighted by Gasteiger charge is 2.06. The molecule has 16 heavy (non-hydrogen) atoms. The molecule has 0 amide bonds. The lowest BCUT2D eigenvalue weighted by molar-refractivity contribution is 0.616. The monoisotopic (exact) mass is 283 g/mol. The Morgan fingerprint density at radius 3 is 2.94 bits per heavy atom. The first-order chi connectivity index (χ1) is 7.70. The average Bonchev–Trinajstić information content (AvgIpc) is 2.71. The Balaban J connectivity index is 2.24. The minimum Gasteiger partial charge on any atom is -0.250 e. The highest BCUT2D eigenvalue weighted by atomic mass is 79.9. The predicted molar refractivity (Wildman–Crippen MR) is 62.6 cm³/mol. The number of aryl methyl sites for hydroxylation is 1. The first-order valence-corrected chi connectivity index (χ1v) is 5.80. The molecule has 0 bridgehead atoms. The summed E-state index contributed by atoms with van der Waals surface area (Å²) < 4.78 is 15.4. The smallest absolute Gasteiger partial charge is 0.138 e. The van der Waals surface area contributed by atoms with E-state index in [0.717, 1.165) is 17.9 Å². The average molecular weight is 284 g/mol. The van der Waals surface area contributed by atoms with Crippen LogP contribution in [0.3, 0.4) is 0 Å². The lowest BCUT2D eigenvalue weighted by Crippen LogP contribution is -2.04. The summed E-state index contributed by atoms with van der Waals surface area (Å²) in [5.41, 5.74) is 1.01. The van der Waals surface area contributed by atoms with Crippen molar-refractivity contribution < 1.29 is 4.39 Å². The van der Waals surface area contributed by atoms with Crippen molar-refractivity contribution in [2.75, 3.05) is 0 Å². The van der Waals surface area contributed by atoms with Crippen molar-refractivity contribution >= 4 is 15.9 Å². The van der Waals surface area contributed by atoms with Crippen molar-refractivity contribution in [3.05, 3.63) is 46.2 Å². The molecule has 0 saturated carbocycles. The second-order valence-electron chi connectivity index (χ2n) is 3.42. The van der Waals surface area contributed by atoms with Crippen molar-refractivity contribution in [1.82, 2.24) is 14.8 Å². The molecule has 1 aromatic heterocycles. The quantitative estimate of drug-likeness (QED) is 0.867. The number of rotatable bonds is 3. The summed E-state index contributed by atoms with van der Waals surface area (Å²) in [5.74, 6) is 0.640. The van der Waals surface area contributed by atoms with Crippen LogP contribution >= 0.6 is 15.9 Å². The number of hydrogen-bond acceptors (Lipinski definition) is 2. The van der Waals surface area contributed by atoms with E-state index in [-0.39, 0.29) is 5.82 Å². The maximum absolute atomic E-state index is 13.0. The Hall–Kier alpha value is -1.23. The molecule has 0 radical (unpaired) electrons. The van der Waals surface area contributed by atoms with Gasteiger partial charge in [0.2, 0.25) is 0 Å². The van der Waals surface area contributed by atoms with E-state index >= 15 is 0 Å². The third kappa shape index (κ3) is 2.29. The Morgan fingerprint density at radius 1 is 1.44 bits per heavy atom. The molecular formula is C11H11BrFN3. The number of hydrogen-bond donors (Lipinski definition) is 0. The fraction of sp³-hybridized carbons (Fsp3) is 0.273. The van der Waals surface area contributed by atoms with Gasteiger partial charge < -0.3 is 0 Å². The fourth-order valence-electron chi connectivity index (χ4n) is 1.52. The van der Waals surface area contributed by atoms with Crippen molar-refractivity contribution in [1.29, 1.82) is 0 Å². The molecule has 84 valence electrons. The molecule has 0 aliphatic rings. The van der Waals surface area contributed by atoms with Crippen LogP contribution in [0.25, 0.3) is 0 Å². The zero-order valence-corrected chi connectivity index (χ0v) is 10.4. The maximum Gasteiger partial charge on any atom is 0.138 e. The highest BCUT2D eigenvalue weighted by molar-refractivity contribution is 9.10. The van der Waals surface area contributed by atoms with Crippen LogP contribution in [0.4, 0.5) is 4.39 Å². The summed E-state index contributed by atoms with van der Waals surface area (Å²) in [6.07, 6.45) is 2.20. The number of aromatic nitrogens is 3. The van der Waals surface area contributed by atoms with Crippen molar-refractivity contribution in [2.45, 2.75) is 19.9 Å². The predicted octanol–water partition coefficient (Wildman–Crippen LogP) is 2.79. The number of nitrogens with zero attached hydrogens (tertiary/aromatic N) is 3. The van der Waals surface area contributed by atoms with Gasteiger partial charge in [-0.1, -0.05) is 6.07 Å². The summed E-state index contributed by atoms with van der Waals surface area (Å²) in [6.45, 7) is 2.80. The van der Waals surface area contributed by atoms with E-state index in [9.17, 15) is 4.39 Å². The van der Waals surface area contributed by atoms with Crippen LogP contribution in [0.5, 0.6) is 0 Å². The number of halogens is 2. The standard InChI is InChI=1S/C11H11BrFN3/c1-2-16-11(14-7-15-16)6-8-3-4-10(13)9(12)5-8/h3-5,7H,2,6H2,1H3. The SMILES string of the molecule is CCn1ncnc1Cc1ccc(F)c(Br)c1. The largest absolute Gasteiger partial charge is 0.250 e. The second kappa shape index (κ2) is 4.74. The van der Waals surface area contributed by atoms with Gasteiger partial charge >= 0.3 is 0 Å². The van der Waals surface area contributed by atoms with E-state index in [1.807, 2.05) is 11.6 Å². The van der Waals surface area contributed by atoms with Crippen LogP contribution in [-0.4, -0.2) is 14.8 Å². The van der Waals surface area contributed by atoms with Gasteiger partial charge in [0.1, 0.15) is 18.0 Å². The Bertz CT molecular complexity index is 496. The van der Waals surface area contributed by atoms with E-state index in [2.05, 4.69) is 26.0 Å². The van der Waals surface area contributed by atoms with Gasteiger partial charge in [-0.15, -0.1) is 0 Å². The lowest BCUT2D eigenvalue weighted by Gasteiger charge is -2.04.